The lowest BCUT2D eigenvalue weighted by Crippen LogP contribution is -2.60. The van der Waals surface area contributed by atoms with Crippen LogP contribution in [0.1, 0.15) is 66.7 Å². The third-order valence-corrected chi connectivity index (χ3v) is 9.32. The monoisotopic (exact) mass is 404 g/mol. The fourth-order valence-corrected chi connectivity index (χ4v) is 7.90. The number of carbonyl (C=O) groups is 1. The van der Waals surface area contributed by atoms with Gasteiger partial charge in [0.15, 0.2) is 0 Å². The Morgan fingerprint density at radius 1 is 1.10 bits per heavy atom. The van der Waals surface area contributed by atoms with Crippen molar-refractivity contribution in [1.29, 1.82) is 0 Å². The lowest BCUT2D eigenvalue weighted by molar-refractivity contribution is -0.181. The Bertz CT molecular complexity index is 780. The third-order valence-electron chi connectivity index (χ3n) is 9.32. The number of carbonyl (C=O) groups excluding carboxylic acids is 1. The molecule has 0 unspecified atom stereocenters. The number of methoxy groups -OCH3 is 1. The van der Waals surface area contributed by atoms with Gasteiger partial charge in [-0.3, -0.25) is 0 Å². The van der Waals surface area contributed by atoms with Crippen LogP contribution < -0.4 is 0 Å². The van der Waals surface area contributed by atoms with Crippen molar-refractivity contribution in [1.82, 2.24) is 0 Å². The summed E-state index contributed by atoms with van der Waals surface area (Å²) in [6.45, 7) is 11.3. The van der Waals surface area contributed by atoms with E-state index in [0.29, 0.717) is 17.4 Å². The highest BCUT2D eigenvalue weighted by atomic mass is 16.7. The molecule has 1 heterocycles. The van der Waals surface area contributed by atoms with Crippen LogP contribution in [-0.4, -0.2) is 35.7 Å². The Hall–Kier alpha value is -1.33. The Morgan fingerprint density at radius 2 is 1.76 bits per heavy atom. The van der Waals surface area contributed by atoms with E-state index in [4.69, 9.17) is 9.47 Å². The summed E-state index contributed by atoms with van der Waals surface area (Å²) in [7, 11) is 1.52. The van der Waals surface area contributed by atoms with Gasteiger partial charge in [-0.15, -0.1) is 0 Å². The SMILES string of the molecule is CO[C@H]1OC(=O)C(O)=C1[C@H]1C(C)=CC[C@H]2[C@]1(C)CC[C@H]1C(C)(C)[C@@H](O)CC[C@]21C. The zero-order valence-corrected chi connectivity index (χ0v) is 18.6. The van der Waals surface area contributed by atoms with Gasteiger partial charge in [0.2, 0.25) is 12.0 Å². The van der Waals surface area contributed by atoms with Crippen LogP contribution in [0.3, 0.4) is 0 Å². The molecule has 2 saturated carbocycles. The molecule has 162 valence electrons. The molecule has 5 heteroatoms. The Kier molecular flexibility index (Phi) is 4.75. The third kappa shape index (κ3) is 2.69. The van der Waals surface area contributed by atoms with Crippen molar-refractivity contribution in [3.8, 4) is 0 Å². The molecule has 0 saturated heterocycles. The summed E-state index contributed by atoms with van der Waals surface area (Å²) in [5, 5.41) is 21.3. The number of aliphatic hydroxyl groups is 2. The highest BCUT2D eigenvalue weighted by Crippen LogP contribution is 2.69. The molecule has 5 nitrogen and oxygen atoms in total. The molecule has 0 aromatic heterocycles. The summed E-state index contributed by atoms with van der Waals surface area (Å²) in [5.74, 6) is -0.185. The Morgan fingerprint density at radius 3 is 2.41 bits per heavy atom. The maximum Gasteiger partial charge on any atom is 0.376 e. The van der Waals surface area contributed by atoms with Crippen molar-refractivity contribution in [3.05, 3.63) is 23.0 Å². The molecule has 0 bridgehead atoms. The number of esters is 1. The Labute approximate surface area is 174 Å². The van der Waals surface area contributed by atoms with Crippen LogP contribution in [0.25, 0.3) is 0 Å². The molecule has 0 amide bonds. The van der Waals surface area contributed by atoms with Crippen molar-refractivity contribution < 1.29 is 24.5 Å². The smallest absolute Gasteiger partial charge is 0.376 e. The zero-order chi connectivity index (χ0) is 21.4. The summed E-state index contributed by atoms with van der Waals surface area (Å²) < 4.78 is 10.7. The van der Waals surface area contributed by atoms with Crippen LogP contribution in [-0.2, 0) is 14.3 Å². The summed E-state index contributed by atoms with van der Waals surface area (Å²) in [4.78, 5) is 12.1. The minimum Gasteiger partial charge on any atom is -0.502 e. The topological polar surface area (TPSA) is 76.0 Å². The van der Waals surface area contributed by atoms with Crippen molar-refractivity contribution in [3.63, 3.8) is 0 Å². The number of rotatable bonds is 2. The molecule has 4 aliphatic rings. The number of allylic oxidation sites excluding steroid dienone is 2. The minimum atomic E-state index is -0.818. The predicted octanol–water partition coefficient (Wildman–Crippen LogP) is 4.51. The summed E-state index contributed by atoms with van der Waals surface area (Å²) >= 11 is 0. The van der Waals surface area contributed by atoms with Crippen molar-refractivity contribution in [2.45, 2.75) is 79.1 Å². The molecule has 2 fully saturated rings. The van der Waals surface area contributed by atoms with E-state index in [1.54, 1.807) is 0 Å². The van der Waals surface area contributed by atoms with E-state index in [1.807, 2.05) is 0 Å². The molecule has 1 aliphatic heterocycles. The molecule has 3 aliphatic carbocycles. The Balaban J connectivity index is 1.81. The predicted molar refractivity (Wildman–Crippen MR) is 110 cm³/mol. The lowest BCUT2D eigenvalue weighted by atomic mass is 9.39. The number of ether oxygens (including phenoxy) is 2. The first kappa shape index (κ1) is 20.9. The van der Waals surface area contributed by atoms with E-state index in [0.717, 1.165) is 32.1 Å². The maximum atomic E-state index is 12.1. The molecule has 0 spiro atoms. The van der Waals surface area contributed by atoms with Gasteiger partial charge in [-0.2, -0.15) is 0 Å². The van der Waals surface area contributed by atoms with Crippen LogP contribution in [0.15, 0.2) is 23.0 Å². The van der Waals surface area contributed by atoms with Crippen molar-refractivity contribution in [2.24, 2.45) is 34.0 Å². The van der Waals surface area contributed by atoms with Gasteiger partial charge in [0.05, 0.1) is 11.7 Å². The second-order valence-electron chi connectivity index (χ2n) is 10.9. The van der Waals surface area contributed by atoms with Crippen LogP contribution in [0.2, 0.25) is 0 Å². The summed E-state index contributed by atoms with van der Waals surface area (Å²) in [6.07, 6.45) is 6.08. The molecule has 0 aromatic carbocycles. The van der Waals surface area contributed by atoms with E-state index < -0.39 is 12.3 Å². The van der Waals surface area contributed by atoms with Crippen molar-refractivity contribution in [2.75, 3.05) is 7.11 Å². The summed E-state index contributed by atoms with van der Waals surface area (Å²) in [6, 6.07) is 0. The van der Waals surface area contributed by atoms with Crippen LogP contribution in [0, 0.1) is 34.0 Å². The van der Waals surface area contributed by atoms with E-state index in [-0.39, 0.29) is 34.0 Å². The molecule has 4 rings (SSSR count). The average molecular weight is 405 g/mol. The summed E-state index contributed by atoms with van der Waals surface area (Å²) in [5.41, 5.74) is 1.67. The van der Waals surface area contributed by atoms with Crippen LogP contribution in [0.5, 0.6) is 0 Å². The fourth-order valence-electron chi connectivity index (χ4n) is 7.90. The molecule has 2 N–H and O–H groups in total. The van der Waals surface area contributed by atoms with Gasteiger partial charge in [0.1, 0.15) is 0 Å². The number of hydrogen-bond acceptors (Lipinski definition) is 5. The second kappa shape index (κ2) is 6.58. The molecule has 7 atom stereocenters. The molecule has 29 heavy (non-hydrogen) atoms. The van der Waals surface area contributed by atoms with Crippen LogP contribution in [0.4, 0.5) is 0 Å². The first-order valence-electron chi connectivity index (χ1n) is 11.0. The molecular weight excluding hydrogens is 368 g/mol. The normalized spacial score (nSPS) is 46.7. The number of aliphatic hydroxyl groups excluding tert-OH is 2. The fraction of sp³-hybridized carbons (Fsp3) is 0.792. The van der Waals surface area contributed by atoms with Gasteiger partial charge in [-0.25, -0.2) is 4.79 Å². The number of fused-ring (bicyclic) bond motifs is 3. The van der Waals surface area contributed by atoms with Gasteiger partial charge in [-0.05, 0) is 67.1 Å². The maximum absolute atomic E-state index is 12.1. The first-order chi connectivity index (χ1) is 13.5. The largest absolute Gasteiger partial charge is 0.502 e. The van der Waals surface area contributed by atoms with E-state index in [2.05, 4.69) is 40.7 Å². The van der Waals surface area contributed by atoms with E-state index in [1.165, 1.54) is 12.7 Å². The lowest BCUT2D eigenvalue weighted by Gasteiger charge is -2.66. The van der Waals surface area contributed by atoms with Gasteiger partial charge >= 0.3 is 5.97 Å². The minimum absolute atomic E-state index is 0.0783. The quantitative estimate of drug-likeness (QED) is 0.523. The molecule has 0 aromatic rings. The van der Waals surface area contributed by atoms with Gasteiger partial charge in [0, 0.05) is 13.0 Å². The number of cyclic esters (lactones) is 1. The van der Waals surface area contributed by atoms with E-state index >= 15 is 0 Å². The molecule has 0 radical (unpaired) electrons. The van der Waals surface area contributed by atoms with E-state index in [9.17, 15) is 15.0 Å². The standard InChI is InChI=1S/C24H36O5/c1-13-7-8-15-23(4)12-10-16(25)22(2,3)14(23)9-11-24(15,5)18(13)17-19(26)20(27)29-21(17)28-6/h7,14-16,18,21,25-26H,8-12H2,1-6H3/t14-,15+,16-,18+,21-,23-,24-/m0/s1. The average Bonchev–Trinajstić information content (AvgIpc) is 2.92. The van der Waals surface area contributed by atoms with Gasteiger partial charge < -0.3 is 19.7 Å². The number of hydrogen-bond donors (Lipinski definition) is 2. The molecular formula is C24H36O5. The van der Waals surface area contributed by atoms with Gasteiger partial charge in [-0.1, -0.05) is 39.3 Å². The first-order valence-corrected chi connectivity index (χ1v) is 11.0. The zero-order valence-electron chi connectivity index (χ0n) is 18.6. The van der Waals surface area contributed by atoms with Crippen LogP contribution >= 0.6 is 0 Å². The highest BCUT2D eigenvalue weighted by Gasteiger charge is 2.63. The van der Waals surface area contributed by atoms with Crippen molar-refractivity contribution >= 4 is 5.97 Å². The van der Waals surface area contributed by atoms with Gasteiger partial charge in [0.25, 0.3) is 0 Å². The second-order valence-corrected chi connectivity index (χ2v) is 10.9. The highest BCUT2D eigenvalue weighted by molar-refractivity contribution is 5.89.